The first-order valence-corrected chi connectivity index (χ1v) is 11.6. The SMILES string of the molecule is COc1ccc(N2C(=O)[C@@H](CC(=O)Nc3ccc(F)cc3)N(Cc3ccc4c(c3)OCO4)C2=S)cc1. The first-order chi connectivity index (χ1) is 17.4. The van der Waals surface area contributed by atoms with Crippen LogP contribution in [0.25, 0.3) is 0 Å². The van der Waals surface area contributed by atoms with E-state index in [9.17, 15) is 14.0 Å². The number of carbonyl (C=O) groups excluding carboxylic acids is 2. The summed E-state index contributed by atoms with van der Waals surface area (Å²) in [5, 5.41) is 3.00. The molecule has 0 unspecified atom stereocenters. The number of thiocarbonyl (C=S) groups is 1. The van der Waals surface area contributed by atoms with Crippen LogP contribution in [0.15, 0.2) is 66.7 Å². The van der Waals surface area contributed by atoms with Crippen LogP contribution in [0.4, 0.5) is 15.8 Å². The number of nitrogens with zero attached hydrogens (tertiary/aromatic N) is 2. The average Bonchev–Trinajstić information content (AvgIpc) is 3.43. The van der Waals surface area contributed by atoms with Crippen molar-refractivity contribution in [3.8, 4) is 17.2 Å². The fourth-order valence-corrected chi connectivity index (χ4v) is 4.53. The number of anilines is 2. The second-order valence-corrected chi connectivity index (χ2v) is 8.61. The monoisotopic (exact) mass is 507 g/mol. The molecule has 184 valence electrons. The number of hydrogen-bond acceptors (Lipinski definition) is 6. The van der Waals surface area contributed by atoms with Crippen LogP contribution in [0.5, 0.6) is 17.2 Å². The van der Waals surface area contributed by atoms with E-state index in [2.05, 4.69) is 5.32 Å². The third kappa shape index (κ3) is 4.67. The largest absolute Gasteiger partial charge is 0.497 e. The predicted octanol–water partition coefficient (Wildman–Crippen LogP) is 4.09. The zero-order valence-corrected chi connectivity index (χ0v) is 20.1. The van der Waals surface area contributed by atoms with Gasteiger partial charge in [-0.05, 0) is 78.4 Å². The van der Waals surface area contributed by atoms with Gasteiger partial charge in [0.2, 0.25) is 12.7 Å². The number of hydrogen-bond donors (Lipinski definition) is 1. The summed E-state index contributed by atoms with van der Waals surface area (Å²) >= 11 is 5.73. The molecule has 0 bridgehead atoms. The molecule has 3 aromatic rings. The highest BCUT2D eigenvalue weighted by molar-refractivity contribution is 7.80. The van der Waals surface area contributed by atoms with Crippen molar-refractivity contribution in [2.75, 3.05) is 24.1 Å². The molecule has 8 nitrogen and oxygen atoms in total. The normalized spacial score (nSPS) is 16.4. The predicted molar refractivity (Wildman–Crippen MR) is 135 cm³/mol. The molecule has 2 amide bonds. The van der Waals surface area contributed by atoms with E-state index in [0.29, 0.717) is 28.6 Å². The topological polar surface area (TPSA) is 80.3 Å². The van der Waals surface area contributed by atoms with Crippen LogP contribution >= 0.6 is 12.2 Å². The van der Waals surface area contributed by atoms with E-state index in [1.165, 1.54) is 29.2 Å². The van der Waals surface area contributed by atoms with Crippen LogP contribution in [0.1, 0.15) is 12.0 Å². The maximum atomic E-state index is 13.6. The Balaban J connectivity index is 1.41. The van der Waals surface area contributed by atoms with Gasteiger partial charge in [-0.15, -0.1) is 0 Å². The molecular formula is C26H22FN3O5S. The molecule has 0 spiro atoms. The lowest BCUT2D eigenvalue weighted by atomic mass is 10.1. The van der Waals surface area contributed by atoms with Crippen molar-refractivity contribution in [3.05, 3.63) is 78.1 Å². The van der Waals surface area contributed by atoms with Gasteiger partial charge in [0.1, 0.15) is 17.6 Å². The molecule has 2 aliphatic rings. The zero-order chi connectivity index (χ0) is 25.2. The first kappa shape index (κ1) is 23.6. The van der Waals surface area contributed by atoms with E-state index in [1.807, 2.05) is 12.1 Å². The quantitative estimate of drug-likeness (QED) is 0.483. The van der Waals surface area contributed by atoms with Gasteiger partial charge < -0.3 is 24.4 Å². The van der Waals surface area contributed by atoms with Gasteiger partial charge in [0.05, 0.1) is 19.2 Å². The van der Waals surface area contributed by atoms with Crippen molar-refractivity contribution < 1.29 is 28.2 Å². The van der Waals surface area contributed by atoms with E-state index in [0.717, 1.165) is 5.56 Å². The third-order valence-corrected chi connectivity index (χ3v) is 6.36. The molecule has 2 heterocycles. The molecule has 0 saturated carbocycles. The summed E-state index contributed by atoms with van der Waals surface area (Å²) in [6.45, 7) is 0.430. The molecule has 1 saturated heterocycles. The van der Waals surface area contributed by atoms with Crippen LogP contribution in [0, 0.1) is 5.82 Å². The van der Waals surface area contributed by atoms with Crippen LogP contribution in [0.2, 0.25) is 0 Å². The summed E-state index contributed by atoms with van der Waals surface area (Å²) < 4.78 is 29.3. The third-order valence-electron chi connectivity index (χ3n) is 5.95. The Labute approximate surface area is 212 Å². The Bertz CT molecular complexity index is 1320. The minimum atomic E-state index is -0.842. The van der Waals surface area contributed by atoms with Gasteiger partial charge in [0.25, 0.3) is 5.91 Å². The number of carbonyl (C=O) groups is 2. The van der Waals surface area contributed by atoms with Crippen LogP contribution in [-0.2, 0) is 16.1 Å². The lowest BCUT2D eigenvalue weighted by Gasteiger charge is -2.24. The number of rotatable bonds is 7. The molecule has 2 aliphatic heterocycles. The minimum absolute atomic E-state index is 0.145. The minimum Gasteiger partial charge on any atom is -0.497 e. The molecule has 3 aromatic carbocycles. The molecule has 5 rings (SSSR count). The number of amides is 2. The van der Waals surface area contributed by atoms with Crippen molar-refractivity contribution in [1.29, 1.82) is 0 Å². The maximum Gasteiger partial charge on any atom is 0.256 e. The van der Waals surface area contributed by atoms with Crippen molar-refractivity contribution >= 4 is 40.5 Å². The van der Waals surface area contributed by atoms with Gasteiger partial charge in [-0.2, -0.15) is 0 Å². The van der Waals surface area contributed by atoms with E-state index < -0.39 is 17.8 Å². The Hall–Kier alpha value is -4.18. The van der Waals surface area contributed by atoms with Crippen molar-refractivity contribution in [2.24, 2.45) is 0 Å². The zero-order valence-electron chi connectivity index (χ0n) is 19.3. The van der Waals surface area contributed by atoms with Gasteiger partial charge in [-0.25, -0.2) is 4.39 Å². The second-order valence-electron chi connectivity index (χ2n) is 8.24. The molecule has 1 N–H and O–H groups in total. The molecule has 0 aliphatic carbocycles. The van der Waals surface area contributed by atoms with Crippen molar-refractivity contribution in [2.45, 2.75) is 19.0 Å². The maximum absolute atomic E-state index is 13.6. The summed E-state index contributed by atoms with van der Waals surface area (Å²) in [4.78, 5) is 29.6. The van der Waals surface area contributed by atoms with Crippen molar-refractivity contribution in [3.63, 3.8) is 0 Å². The van der Waals surface area contributed by atoms with Gasteiger partial charge in [-0.1, -0.05) is 6.07 Å². The fraction of sp³-hybridized carbons (Fsp3) is 0.192. The highest BCUT2D eigenvalue weighted by atomic mass is 32.1. The lowest BCUT2D eigenvalue weighted by molar-refractivity contribution is -0.124. The summed E-state index contributed by atoms with van der Waals surface area (Å²) in [5.74, 6) is 0.781. The molecule has 0 aromatic heterocycles. The summed E-state index contributed by atoms with van der Waals surface area (Å²) in [7, 11) is 1.56. The number of benzene rings is 3. The summed E-state index contributed by atoms with van der Waals surface area (Å²) in [6, 6.07) is 17.0. The number of ether oxygens (including phenoxy) is 3. The molecule has 10 heteroatoms. The van der Waals surface area contributed by atoms with Gasteiger partial charge in [-0.3, -0.25) is 14.5 Å². The van der Waals surface area contributed by atoms with Gasteiger partial charge in [0.15, 0.2) is 16.6 Å². The number of fused-ring (bicyclic) bond motifs is 1. The van der Waals surface area contributed by atoms with Crippen LogP contribution in [-0.4, -0.2) is 41.8 Å². The highest BCUT2D eigenvalue weighted by Gasteiger charge is 2.44. The van der Waals surface area contributed by atoms with E-state index in [4.69, 9.17) is 26.4 Å². The molecular weight excluding hydrogens is 485 g/mol. The Morgan fingerprint density at radius 2 is 1.81 bits per heavy atom. The van der Waals surface area contributed by atoms with E-state index >= 15 is 0 Å². The summed E-state index contributed by atoms with van der Waals surface area (Å²) in [6.07, 6.45) is -0.145. The summed E-state index contributed by atoms with van der Waals surface area (Å²) in [5.41, 5.74) is 1.85. The standard InChI is InChI=1S/C26H22FN3O5S/c1-33-20-9-7-19(8-10-20)30-25(32)21(13-24(31)28-18-5-3-17(27)4-6-18)29(26(30)36)14-16-2-11-22-23(12-16)35-15-34-22/h2-12,21H,13-15H2,1H3,(H,28,31)/t21-/m1/s1. The van der Waals surface area contributed by atoms with E-state index in [-0.39, 0.29) is 30.8 Å². The molecule has 1 atom stereocenters. The van der Waals surface area contributed by atoms with Gasteiger partial charge >= 0.3 is 0 Å². The van der Waals surface area contributed by atoms with Crippen LogP contribution < -0.4 is 24.4 Å². The number of methoxy groups -OCH3 is 1. The van der Waals surface area contributed by atoms with Crippen molar-refractivity contribution in [1.82, 2.24) is 4.90 Å². The van der Waals surface area contributed by atoms with Gasteiger partial charge in [0, 0.05) is 12.2 Å². The number of halogens is 1. The molecule has 36 heavy (non-hydrogen) atoms. The van der Waals surface area contributed by atoms with E-state index in [1.54, 1.807) is 42.3 Å². The lowest BCUT2D eigenvalue weighted by Crippen LogP contribution is -2.37. The molecule has 1 fully saturated rings. The smallest absolute Gasteiger partial charge is 0.256 e. The number of nitrogens with one attached hydrogen (secondary N) is 1. The second kappa shape index (κ2) is 9.82. The fourth-order valence-electron chi connectivity index (χ4n) is 4.14. The Morgan fingerprint density at radius 1 is 1.08 bits per heavy atom. The van der Waals surface area contributed by atoms with Crippen LogP contribution in [0.3, 0.4) is 0 Å². The Morgan fingerprint density at radius 3 is 2.53 bits per heavy atom. The average molecular weight is 508 g/mol. The Kier molecular flexibility index (Phi) is 6.43. The molecule has 0 radical (unpaired) electrons. The first-order valence-electron chi connectivity index (χ1n) is 11.2. The highest BCUT2D eigenvalue weighted by Crippen LogP contribution is 2.35.